The van der Waals surface area contributed by atoms with Gasteiger partial charge in [-0.2, -0.15) is 10.5 Å². The van der Waals surface area contributed by atoms with E-state index in [9.17, 15) is 50.9 Å². The Morgan fingerprint density at radius 2 is 1.09 bits per heavy atom. The predicted octanol–water partition coefficient (Wildman–Crippen LogP) is 4.27. The number of halogens is 1. The van der Waals surface area contributed by atoms with Gasteiger partial charge in [-0.05, 0) is 82.9 Å². The molecule has 348 valence electrons. The van der Waals surface area contributed by atoms with Gasteiger partial charge in [-0.3, -0.25) is 19.0 Å². The third kappa shape index (κ3) is 13.1. The van der Waals surface area contributed by atoms with Crippen molar-refractivity contribution in [2.75, 3.05) is 49.2 Å². The highest BCUT2D eigenvalue weighted by molar-refractivity contribution is 7.89. The Balaban J connectivity index is 0.000000248. The van der Waals surface area contributed by atoms with Crippen molar-refractivity contribution in [1.29, 1.82) is 10.5 Å². The van der Waals surface area contributed by atoms with Crippen LogP contribution in [0.25, 0.3) is 0 Å². The van der Waals surface area contributed by atoms with Crippen LogP contribution >= 0.6 is 0 Å². The maximum Gasteiger partial charge on any atom is 0.340 e. The highest BCUT2D eigenvalue weighted by Gasteiger charge is 2.37. The quantitative estimate of drug-likeness (QED) is 0.167. The number of rotatable bonds is 14. The molecule has 21 heteroatoms. The molecule has 0 atom stereocenters. The smallest absolute Gasteiger partial charge is 0.340 e. The molecule has 0 aliphatic carbocycles. The topological polar surface area (TPSA) is 259 Å². The van der Waals surface area contributed by atoms with Gasteiger partial charge in [-0.15, -0.1) is 0 Å². The number of hydrogen-bond donors (Lipinski definition) is 2. The van der Waals surface area contributed by atoms with Crippen molar-refractivity contribution in [1.82, 2.24) is 19.4 Å². The van der Waals surface area contributed by atoms with E-state index in [2.05, 4.69) is 25.5 Å². The molecule has 2 aliphatic heterocycles. The molecule has 0 spiro atoms. The molecule has 0 bridgehead atoms. The molecule has 2 aromatic carbocycles. The molecule has 2 fully saturated rings. The molecular weight excluding hydrogens is 896 g/mol. The summed E-state index contributed by atoms with van der Waals surface area (Å²) >= 11 is 0. The van der Waals surface area contributed by atoms with Gasteiger partial charge in [0, 0.05) is 32.1 Å². The molecule has 2 amide bonds. The van der Waals surface area contributed by atoms with Gasteiger partial charge in [-0.1, -0.05) is 42.0 Å². The number of carbonyl (C=O) groups is 4. The summed E-state index contributed by atoms with van der Waals surface area (Å²) in [6, 6.07) is 19.0. The number of benzene rings is 2. The van der Waals surface area contributed by atoms with E-state index in [0.29, 0.717) is 60.1 Å². The Morgan fingerprint density at radius 3 is 1.52 bits per heavy atom. The van der Waals surface area contributed by atoms with Crippen LogP contribution in [0, 0.1) is 61.1 Å². The number of anilines is 2. The van der Waals surface area contributed by atoms with Crippen LogP contribution in [0.15, 0.2) is 60.7 Å². The standard InChI is InChI=1S/C23H25FN4O5S.C22H24N4O5S/c1-3-33-23(30)20-12-18(13-25)21(26-15(20)2)28-10-8-17(9-11-28)22(29)27-34(31,32)14-16-4-6-19(24)7-5-16;1-4-31-22(28)19-9-17(10-23)20(24-15(19)3)26-11-18(12-26)21(27)25-32(29,30)13-16-7-5-14(2)6-8-16/h4-7,12,17H,3,8-11,14H2,1-2H3,(H,27,29);5-9,18H,4,11-13H2,1-3H3,(H,25,27). The Morgan fingerprint density at radius 1 is 0.682 bits per heavy atom. The summed E-state index contributed by atoms with van der Waals surface area (Å²) < 4.78 is 76.7. The average Bonchev–Trinajstić information content (AvgIpc) is 3.24. The minimum Gasteiger partial charge on any atom is -0.462 e. The fourth-order valence-corrected chi connectivity index (χ4v) is 9.44. The monoisotopic (exact) mass is 944 g/mol. The number of ether oxygens (including phenoxy) is 2. The van der Waals surface area contributed by atoms with Gasteiger partial charge in [0.1, 0.15) is 29.6 Å². The van der Waals surface area contributed by atoms with Crippen molar-refractivity contribution < 1.29 is 49.9 Å². The van der Waals surface area contributed by atoms with Crippen molar-refractivity contribution in [3.05, 3.63) is 117 Å². The fraction of sp³-hybridized carbons (Fsp3) is 0.378. The summed E-state index contributed by atoms with van der Waals surface area (Å²) in [4.78, 5) is 61.5. The third-order valence-electron chi connectivity index (χ3n) is 10.6. The van der Waals surface area contributed by atoms with E-state index in [-0.39, 0.29) is 54.3 Å². The molecule has 2 saturated heterocycles. The molecule has 66 heavy (non-hydrogen) atoms. The van der Waals surface area contributed by atoms with E-state index in [0.717, 1.165) is 17.7 Å². The van der Waals surface area contributed by atoms with Crippen LogP contribution in [0.4, 0.5) is 16.0 Å². The summed E-state index contributed by atoms with van der Waals surface area (Å²) in [5, 5.41) is 19.0. The number of sulfonamides is 2. The first-order chi connectivity index (χ1) is 31.3. The highest BCUT2D eigenvalue weighted by atomic mass is 32.2. The summed E-state index contributed by atoms with van der Waals surface area (Å²) in [7, 11) is -7.76. The number of carbonyl (C=O) groups excluding carboxylic acids is 4. The molecule has 4 aromatic rings. The zero-order valence-electron chi connectivity index (χ0n) is 37.0. The number of aromatic nitrogens is 2. The highest BCUT2D eigenvalue weighted by Crippen LogP contribution is 2.29. The molecule has 6 rings (SSSR count). The van der Waals surface area contributed by atoms with Crippen molar-refractivity contribution in [2.24, 2.45) is 11.8 Å². The number of nitrogens with one attached hydrogen (secondary N) is 2. The van der Waals surface area contributed by atoms with E-state index in [1.54, 1.807) is 44.7 Å². The minimum absolute atomic E-state index is 0.185. The Bertz CT molecular complexity index is 2780. The zero-order valence-corrected chi connectivity index (χ0v) is 38.6. The molecule has 0 unspecified atom stereocenters. The zero-order chi connectivity index (χ0) is 48.3. The van der Waals surface area contributed by atoms with E-state index in [1.165, 1.54) is 24.3 Å². The van der Waals surface area contributed by atoms with Crippen molar-refractivity contribution in [3.63, 3.8) is 0 Å². The lowest BCUT2D eigenvalue weighted by Crippen LogP contribution is -2.55. The van der Waals surface area contributed by atoms with Gasteiger partial charge in [0.2, 0.25) is 31.9 Å². The lowest BCUT2D eigenvalue weighted by atomic mass is 9.96. The number of hydrogen-bond acceptors (Lipinski definition) is 16. The van der Waals surface area contributed by atoms with Crippen LogP contribution in [0.1, 0.15) is 86.6 Å². The van der Waals surface area contributed by atoms with Gasteiger partial charge in [-0.25, -0.2) is 40.8 Å². The molecule has 2 aliphatic rings. The number of nitrogens with zero attached hydrogens (tertiary/aromatic N) is 6. The summed E-state index contributed by atoms with van der Waals surface area (Å²) in [5.41, 5.74) is 3.65. The number of amides is 2. The Hall–Kier alpha value is -6.97. The summed E-state index contributed by atoms with van der Waals surface area (Å²) in [6.07, 6.45) is 0.728. The fourth-order valence-electron chi connectivity index (χ4n) is 7.08. The van der Waals surface area contributed by atoms with Crippen LogP contribution in [0.5, 0.6) is 0 Å². The molecule has 4 heterocycles. The van der Waals surface area contributed by atoms with Gasteiger partial charge in [0.05, 0.1) is 64.3 Å². The SMILES string of the molecule is CCOC(=O)c1cc(C#N)c(N2CC(C(=O)NS(=O)(=O)Cc3ccc(C)cc3)C2)nc1C.CCOC(=O)c1cc(C#N)c(N2CCC(C(=O)NS(=O)(=O)Cc3ccc(F)cc3)CC2)nc1C. The predicted molar refractivity (Wildman–Crippen MR) is 239 cm³/mol. The molecule has 2 aromatic heterocycles. The number of pyridine rings is 2. The molecule has 2 N–H and O–H groups in total. The maximum absolute atomic E-state index is 13.0. The second-order valence-corrected chi connectivity index (χ2v) is 19.0. The van der Waals surface area contributed by atoms with E-state index in [1.807, 2.05) is 30.0 Å². The lowest BCUT2D eigenvalue weighted by molar-refractivity contribution is -0.124. The minimum atomic E-state index is -3.93. The van der Waals surface area contributed by atoms with Gasteiger partial charge in [0.15, 0.2) is 0 Å². The third-order valence-corrected chi connectivity index (χ3v) is 13.0. The van der Waals surface area contributed by atoms with Crippen molar-refractivity contribution in [2.45, 2.75) is 59.0 Å². The van der Waals surface area contributed by atoms with E-state index in [4.69, 9.17) is 9.47 Å². The van der Waals surface area contributed by atoms with Crippen LogP contribution in [0.3, 0.4) is 0 Å². The molecule has 0 saturated carbocycles. The van der Waals surface area contributed by atoms with Crippen LogP contribution in [0.2, 0.25) is 0 Å². The molecule has 18 nitrogen and oxygen atoms in total. The summed E-state index contributed by atoms with van der Waals surface area (Å²) in [6.45, 7) is 10.2. The lowest BCUT2D eigenvalue weighted by Gasteiger charge is -2.39. The van der Waals surface area contributed by atoms with Gasteiger partial charge in [0.25, 0.3) is 0 Å². The normalized spacial score (nSPS) is 14.1. The second-order valence-electron chi connectivity index (χ2n) is 15.6. The number of aryl methyl sites for hydroxylation is 3. The maximum atomic E-state index is 13.0. The second kappa shape index (κ2) is 21.8. The summed E-state index contributed by atoms with van der Waals surface area (Å²) in [5.74, 6) is -3.80. The average molecular weight is 945 g/mol. The number of piperidine rings is 1. The molecule has 0 radical (unpaired) electrons. The van der Waals surface area contributed by atoms with Crippen LogP contribution < -0.4 is 19.2 Å². The van der Waals surface area contributed by atoms with E-state index < -0.39 is 67.2 Å². The van der Waals surface area contributed by atoms with Crippen LogP contribution in [-0.2, 0) is 50.6 Å². The van der Waals surface area contributed by atoms with Crippen LogP contribution in [-0.4, -0.2) is 89.9 Å². The number of nitriles is 2. The molecular formula is C45H49FN8O10S2. The Kier molecular flexibility index (Phi) is 16.5. The van der Waals surface area contributed by atoms with Gasteiger partial charge >= 0.3 is 11.9 Å². The number of esters is 2. The largest absolute Gasteiger partial charge is 0.462 e. The first-order valence-corrected chi connectivity index (χ1v) is 24.1. The van der Waals surface area contributed by atoms with Gasteiger partial charge < -0.3 is 19.3 Å². The van der Waals surface area contributed by atoms with Crippen molar-refractivity contribution >= 4 is 55.4 Å². The first-order valence-electron chi connectivity index (χ1n) is 20.8. The van der Waals surface area contributed by atoms with Crippen molar-refractivity contribution in [3.8, 4) is 12.1 Å². The van der Waals surface area contributed by atoms with E-state index >= 15 is 0 Å². The first kappa shape index (κ1) is 50.0. The Labute approximate surface area is 382 Å².